The molecular formula is C68H84Cl4N10O7S2. The number of amidine groups is 2. The van der Waals surface area contributed by atoms with Gasteiger partial charge in [0, 0.05) is 111 Å². The number of carbonyl (C=O) groups is 6. The maximum atomic E-state index is 14.5. The highest BCUT2D eigenvalue weighted by atomic mass is 35.5. The average Bonchev–Trinajstić information content (AvgIpc) is 1.57. The number of hydrogen-bond acceptors (Lipinski definition) is 13. The Morgan fingerprint density at radius 1 is 0.527 bits per heavy atom. The van der Waals surface area contributed by atoms with Crippen molar-refractivity contribution in [3.63, 3.8) is 0 Å². The minimum atomic E-state index is -1.03. The van der Waals surface area contributed by atoms with E-state index in [0.717, 1.165) is 70.2 Å². The van der Waals surface area contributed by atoms with Crippen molar-refractivity contribution in [3.8, 4) is 0 Å². The molecule has 0 aromatic heterocycles. The van der Waals surface area contributed by atoms with Crippen LogP contribution in [0, 0.1) is 23.7 Å². The molecule has 4 atom stereocenters. The van der Waals surface area contributed by atoms with E-state index in [-0.39, 0.29) is 78.4 Å². The number of rotatable bonds is 16. The molecule has 4 aromatic rings. The molecule has 91 heavy (non-hydrogen) atoms. The Morgan fingerprint density at radius 2 is 0.857 bits per heavy atom. The van der Waals surface area contributed by atoms with Crippen molar-refractivity contribution in [2.75, 3.05) is 78.5 Å². The third kappa shape index (κ3) is 16.3. The van der Waals surface area contributed by atoms with Gasteiger partial charge >= 0.3 is 5.97 Å². The molecule has 0 unspecified atom stereocenters. The van der Waals surface area contributed by atoms with Crippen molar-refractivity contribution in [2.45, 2.75) is 106 Å². The van der Waals surface area contributed by atoms with Gasteiger partial charge in [-0.2, -0.15) is 0 Å². The summed E-state index contributed by atoms with van der Waals surface area (Å²) in [6, 6.07) is 30.6. The molecule has 23 heteroatoms. The first-order valence-electron chi connectivity index (χ1n) is 31.0. The highest BCUT2D eigenvalue weighted by Crippen LogP contribution is 2.58. The number of amides is 5. The average molecular weight is 1360 g/mol. The van der Waals surface area contributed by atoms with Crippen LogP contribution < -0.4 is 5.32 Å². The van der Waals surface area contributed by atoms with E-state index in [2.05, 4.69) is 42.8 Å². The monoisotopic (exact) mass is 1360 g/mol. The predicted octanol–water partition coefficient (Wildman–Crippen LogP) is 12.7. The lowest BCUT2D eigenvalue weighted by Crippen LogP contribution is -2.53. The van der Waals surface area contributed by atoms with Gasteiger partial charge in [0.25, 0.3) is 11.8 Å². The van der Waals surface area contributed by atoms with Crippen molar-refractivity contribution < 1.29 is 33.9 Å². The van der Waals surface area contributed by atoms with Gasteiger partial charge in [0.1, 0.15) is 34.0 Å². The summed E-state index contributed by atoms with van der Waals surface area (Å²) in [5.41, 5.74) is 4.49. The second-order valence-corrected chi connectivity index (χ2v) is 29.1. The Kier molecular flexibility index (Phi) is 23.6. The number of carbonyl (C=O) groups excluding carboxylic acids is 5. The number of nitrogens with one attached hydrogen (secondary N) is 1. The summed E-state index contributed by atoms with van der Waals surface area (Å²) in [7, 11) is 0. The predicted molar refractivity (Wildman–Crippen MR) is 368 cm³/mol. The Balaban J connectivity index is 0.000000209. The third-order valence-electron chi connectivity index (χ3n) is 16.8. The molecule has 488 valence electrons. The van der Waals surface area contributed by atoms with Crippen LogP contribution in [-0.2, 0) is 39.8 Å². The number of aliphatic imine (C=N–C) groups is 2. The van der Waals surface area contributed by atoms with Gasteiger partial charge in [-0.25, -0.2) is 9.98 Å². The largest absolute Gasteiger partial charge is 0.480 e. The van der Waals surface area contributed by atoms with E-state index in [1.165, 1.54) is 28.4 Å². The molecule has 0 spiro atoms. The number of carboxylic acid groups (broad SMARTS) is 1. The van der Waals surface area contributed by atoms with Gasteiger partial charge in [-0.1, -0.05) is 150 Å². The van der Waals surface area contributed by atoms with Crippen LogP contribution >= 0.6 is 69.9 Å². The fraction of sp³-hybridized carbons (Fsp3) is 0.471. The van der Waals surface area contributed by atoms with Crippen LogP contribution in [0.25, 0.3) is 0 Å². The number of thioether (sulfide) groups is 2. The lowest BCUT2D eigenvalue weighted by molar-refractivity contribution is -0.143. The smallest absolute Gasteiger partial charge is 0.323 e. The second-order valence-electron chi connectivity index (χ2n) is 25.4. The normalized spacial score (nSPS) is 21.2. The maximum absolute atomic E-state index is 14.5. The fourth-order valence-electron chi connectivity index (χ4n) is 12.4. The zero-order valence-corrected chi connectivity index (χ0v) is 58.6. The third-order valence-corrected chi connectivity index (χ3v) is 19.9. The highest BCUT2D eigenvalue weighted by Gasteiger charge is 2.55. The quantitative estimate of drug-likeness (QED) is 0.108. The van der Waals surface area contributed by atoms with Crippen LogP contribution in [0.4, 0.5) is 0 Å². The maximum Gasteiger partial charge on any atom is 0.323 e. The van der Waals surface area contributed by atoms with Crippen molar-refractivity contribution in [3.05, 3.63) is 161 Å². The van der Waals surface area contributed by atoms with Crippen LogP contribution in [0.1, 0.15) is 117 Å². The molecule has 17 nitrogen and oxygen atoms in total. The van der Waals surface area contributed by atoms with E-state index in [1.54, 1.807) is 28.5 Å². The Bertz CT molecular complexity index is 3460. The zero-order valence-electron chi connectivity index (χ0n) is 53.9. The number of carboxylic acids is 1. The summed E-state index contributed by atoms with van der Waals surface area (Å²) in [5, 5.41) is 16.7. The van der Waals surface area contributed by atoms with Gasteiger partial charge in [0.15, 0.2) is 10.3 Å². The molecule has 6 aliphatic rings. The fourth-order valence-corrected chi connectivity index (χ4v) is 15.7. The first kappa shape index (κ1) is 70.8. The lowest BCUT2D eigenvalue weighted by atomic mass is 9.81. The number of nitrogens with zero attached hydrogens (tertiary/aromatic N) is 9. The van der Waals surface area contributed by atoms with Gasteiger partial charge < -0.3 is 44.7 Å². The Hall–Kier alpha value is -6.06. The van der Waals surface area contributed by atoms with Crippen LogP contribution in [-0.4, -0.2) is 164 Å². The van der Waals surface area contributed by atoms with Gasteiger partial charge in [0.05, 0.1) is 12.1 Å². The van der Waals surface area contributed by atoms with Crippen molar-refractivity contribution in [1.82, 2.24) is 39.6 Å². The highest BCUT2D eigenvalue weighted by molar-refractivity contribution is 8.18. The summed E-state index contributed by atoms with van der Waals surface area (Å²) in [4.78, 5) is 100. The molecule has 10 rings (SSSR count). The summed E-state index contributed by atoms with van der Waals surface area (Å²) >= 11 is 27.7. The first-order valence-corrected chi connectivity index (χ1v) is 34.1. The van der Waals surface area contributed by atoms with Gasteiger partial charge in [-0.05, 0) is 132 Å². The molecule has 0 bridgehead atoms. The summed E-state index contributed by atoms with van der Waals surface area (Å²) < 4.78 is 0. The molecular weight excluding hydrogens is 1270 g/mol. The van der Waals surface area contributed by atoms with Crippen LogP contribution in [0.15, 0.2) is 128 Å². The number of benzene rings is 4. The van der Waals surface area contributed by atoms with Crippen molar-refractivity contribution in [2.24, 2.45) is 33.7 Å². The van der Waals surface area contributed by atoms with E-state index in [9.17, 15) is 33.9 Å². The number of piperazine rings is 2. The van der Waals surface area contributed by atoms with E-state index in [4.69, 9.17) is 56.4 Å². The number of fused-ring (bicyclic) bond motifs is 2. The molecule has 4 aromatic carbocycles. The van der Waals surface area contributed by atoms with Gasteiger partial charge in [-0.3, -0.25) is 28.8 Å². The number of allylic oxidation sites excluding steroid dienone is 2. The zero-order chi connectivity index (χ0) is 66.4. The van der Waals surface area contributed by atoms with Crippen LogP contribution in [0.5, 0.6) is 0 Å². The Labute approximate surface area is 564 Å². The Morgan fingerprint density at radius 3 is 1.18 bits per heavy atom. The summed E-state index contributed by atoms with van der Waals surface area (Å²) in [5.74, 6) is -1.07. The SMILES string of the molecule is CC(=O)N1CCN(C(=O)CN(CC(C)C)C(=O)C2=C(C(C)C)N3C(=N[C@@](C)(c4ccc(Cl)cc4)[C@H]3c3ccc(Cl)cc3)S2)CC1.CC(=O)N1CCNCC1.CC(C)CN(CC(=O)O)C(=O)C1=C(C(C)C)N2C(=N[C@@](C)(c3ccc(Cl)cc3)[C@H]2c2ccc(Cl)cc2)S1. The number of hydrogen-bond donors (Lipinski definition) is 2. The number of aliphatic carboxylic acids is 1. The van der Waals surface area contributed by atoms with Crippen molar-refractivity contribution >= 4 is 116 Å². The minimum absolute atomic E-state index is 0.00257. The van der Waals surface area contributed by atoms with E-state index in [1.807, 2.05) is 144 Å². The number of halogens is 4. The summed E-state index contributed by atoms with van der Waals surface area (Å²) in [6.07, 6.45) is 0. The second kappa shape index (κ2) is 30.3. The standard InChI is InChI=1S/C34H41Cl2N5O3S.C28H31Cl2N3O3S.C6H12N2O/c1-21(2)19-40(20-28(43)39-17-15-38(16-18-39)23(5)42)32(44)30-29(22(3)4)41-31(24-7-11-26(35)12-8-24)34(6,37-33(41)45-30)25-9-13-27(36)14-10-25;1-16(2)14-32(15-22(34)35)26(36)24-23(17(3)4)33-25(18-6-10-20(29)11-7-18)28(5,31-27(33)37-24)19-8-12-21(30)13-9-19;1-6(9)8-4-2-7-3-5-8/h7-14,21-22,31H,15-20H2,1-6H3;6-13,16-17,25H,14-15H2,1-5H3,(H,34,35);7H,2-5H2,1H3/t31-,34+;25-,28+;/m11./s1. The molecule has 2 saturated heterocycles. The van der Waals surface area contributed by atoms with Crippen LogP contribution in [0.3, 0.4) is 0 Å². The molecule has 0 radical (unpaired) electrons. The molecule has 2 fully saturated rings. The van der Waals surface area contributed by atoms with Crippen molar-refractivity contribution in [1.29, 1.82) is 0 Å². The lowest BCUT2D eigenvalue weighted by Gasteiger charge is -2.37. The molecule has 0 aliphatic carbocycles. The molecule has 0 saturated carbocycles. The molecule has 2 N–H and O–H groups in total. The van der Waals surface area contributed by atoms with E-state index < -0.39 is 17.0 Å². The van der Waals surface area contributed by atoms with Crippen LogP contribution in [0.2, 0.25) is 20.1 Å². The minimum Gasteiger partial charge on any atom is -0.480 e. The van der Waals surface area contributed by atoms with E-state index in [0.29, 0.717) is 69.2 Å². The van der Waals surface area contributed by atoms with E-state index >= 15 is 0 Å². The summed E-state index contributed by atoms with van der Waals surface area (Å²) in [6.45, 7) is 29.7. The molecule has 6 aliphatic heterocycles. The molecule has 5 amide bonds. The van der Waals surface area contributed by atoms with Gasteiger partial charge in [0.2, 0.25) is 17.7 Å². The topological polar surface area (TPSA) is 182 Å². The molecule has 6 heterocycles. The van der Waals surface area contributed by atoms with Gasteiger partial charge in [-0.15, -0.1) is 0 Å². The first-order chi connectivity index (χ1) is 43.0.